The molecule has 8 aromatic rings. The van der Waals surface area contributed by atoms with Crippen LogP contribution >= 0.6 is 0 Å². The minimum atomic E-state index is -0.409. The third-order valence-corrected chi connectivity index (χ3v) is 16.6. The Hall–Kier alpha value is -10.2. The number of carbonyl (C=O) groups is 5. The van der Waals surface area contributed by atoms with Gasteiger partial charge in [0, 0.05) is 123 Å². The molecule has 2 aromatic carbocycles. The van der Waals surface area contributed by atoms with E-state index in [9.17, 15) is 38.7 Å². The number of ether oxygens (including phenoxy) is 2. The van der Waals surface area contributed by atoms with Gasteiger partial charge in [-0.3, -0.25) is 43.5 Å². The van der Waals surface area contributed by atoms with E-state index in [0.29, 0.717) is 158 Å². The van der Waals surface area contributed by atoms with E-state index >= 15 is 0 Å². The summed E-state index contributed by atoms with van der Waals surface area (Å²) in [6, 6.07) is 24.4. The Balaban J connectivity index is 0.000000188. The smallest absolute Gasteiger partial charge is 0.290 e. The highest BCUT2D eigenvalue weighted by Crippen LogP contribution is 2.37. The number of amides is 4. The number of pyridine rings is 4. The first-order chi connectivity index (χ1) is 44.1. The molecule has 10 heterocycles. The minimum Gasteiger partial charge on any atom is -0.392 e. The minimum absolute atomic E-state index is 0.123. The predicted molar refractivity (Wildman–Crippen MR) is 346 cm³/mol. The third kappa shape index (κ3) is 13.2. The Labute approximate surface area is 530 Å². The number of aliphatic hydroxyl groups is 1. The number of nitrogens with one attached hydrogen (secondary N) is 2. The van der Waals surface area contributed by atoms with E-state index in [1.54, 1.807) is 112 Å². The Bertz CT molecular complexity index is 4300. The number of nitrogens with zero attached hydrogens (tertiary/aromatic N) is 12. The van der Waals surface area contributed by atoms with Gasteiger partial charge in [0.2, 0.25) is 0 Å². The number of aldehydes is 1. The molecule has 0 bridgehead atoms. The molecule has 3 N–H and O–H groups in total. The van der Waals surface area contributed by atoms with Crippen molar-refractivity contribution in [1.82, 2.24) is 49.3 Å². The molecule has 12 rings (SSSR count). The van der Waals surface area contributed by atoms with E-state index in [4.69, 9.17) is 9.47 Å². The number of anilines is 6. The summed E-state index contributed by atoms with van der Waals surface area (Å²) in [7, 11) is 3.06. The molecule has 2 fully saturated rings. The zero-order valence-corrected chi connectivity index (χ0v) is 52.7. The van der Waals surface area contributed by atoms with Gasteiger partial charge in [-0.2, -0.15) is 10.2 Å². The van der Waals surface area contributed by atoms with Crippen LogP contribution in [-0.2, 0) is 53.8 Å². The molecule has 4 aliphatic heterocycles. The molecule has 0 radical (unpaired) electrons. The van der Waals surface area contributed by atoms with E-state index in [1.165, 1.54) is 28.8 Å². The second-order valence-electron chi connectivity index (χ2n) is 24.9. The Kier molecular flexibility index (Phi) is 18.2. The van der Waals surface area contributed by atoms with Crippen molar-refractivity contribution in [3.8, 4) is 22.5 Å². The normalized spacial score (nSPS) is 15.1. The average molecular weight is 1250 g/mol. The van der Waals surface area contributed by atoms with Crippen molar-refractivity contribution >= 4 is 64.3 Å². The number of carbonyl (C=O) groups excluding carboxylic acids is 5. The van der Waals surface area contributed by atoms with Gasteiger partial charge in [0.15, 0.2) is 6.29 Å². The van der Waals surface area contributed by atoms with Crippen LogP contribution in [-0.4, -0.2) is 150 Å². The van der Waals surface area contributed by atoms with Crippen LogP contribution < -0.4 is 31.6 Å². The molecule has 6 aromatic heterocycles. The van der Waals surface area contributed by atoms with Crippen LogP contribution in [0.15, 0.2) is 119 Å². The van der Waals surface area contributed by atoms with Gasteiger partial charge in [0.05, 0.1) is 78.1 Å². The molecule has 474 valence electrons. The molecule has 4 amide bonds. The second kappa shape index (κ2) is 26.3. The molecule has 0 spiro atoms. The largest absolute Gasteiger partial charge is 0.392 e. The predicted octanol–water partition coefficient (Wildman–Crippen LogP) is 7.21. The molecule has 4 aliphatic rings. The first-order valence-electron chi connectivity index (χ1n) is 30.4. The topological polar surface area (TPSA) is 282 Å². The Morgan fingerprint density at radius 1 is 0.543 bits per heavy atom. The van der Waals surface area contributed by atoms with Crippen LogP contribution in [0.4, 0.5) is 34.4 Å². The first kappa shape index (κ1) is 63.4. The van der Waals surface area contributed by atoms with Crippen molar-refractivity contribution in [2.75, 3.05) is 86.1 Å². The fourth-order valence-electron chi connectivity index (χ4n) is 11.4. The number of benzene rings is 2. The molecule has 24 nitrogen and oxygen atoms in total. The summed E-state index contributed by atoms with van der Waals surface area (Å²) >= 11 is 0. The molecule has 0 aliphatic carbocycles. The molecular formula is C68H72N14O10. The van der Waals surface area contributed by atoms with Gasteiger partial charge >= 0.3 is 0 Å². The summed E-state index contributed by atoms with van der Waals surface area (Å²) in [5, 5.41) is 25.6. The highest BCUT2D eigenvalue weighted by molar-refractivity contribution is 6.11. The zero-order valence-electron chi connectivity index (χ0n) is 52.7. The van der Waals surface area contributed by atoms with Crippen molar-refractivity contribution in [3.63, 3.8) is 0 Å². The van der Waals surface area contributed by atoms with E-state index < -0.39 is 5.56 Å². The van der Waals surface area contributed by atoms with Gasteiger partial charge in [-0.25, -0.2) is 19.3 Å². The van der Waals surface area contributed by atoms with Crippen LogP contribution in [0.25, 0.3) is 22.5 Å². The van der Waals surface area contributed by atoms with Gasteiger partial charge < -0.3 is 44.8 Å². The van der Waals surface area contributed by atoms with Gasteiger partial charge in [-0.05, 0) is 84.6 Å². The Morgan fingerprint density at radius 3 is 1.40 bits per heavy atom. The molecule has 2 saturated heterocycles. The monoisotopic (exact) mass is 1240 g/mol. The van der Waals surface area contributed by atoms with E-state index in [2.05, 4.69) is 82.3 Å². The molecule has 0 atom stereocenters. The second-order valence-corrected chi connectivity index (χ2v) is 24.9. The lowest BCUT2D eigenvalue weighted by Crippen LogP contribution is -2.40. The van der Waals surface area contributed by atoms with Crippen molar-refractivity contribution in [3.05, 3.63) is 186 Å². The first-order valence-corrected chi connectivity index (χ1v) is 30.4. The summed E-state index contributed by atoms with van der Waals surface area (Å²) in [6.45, 7) is 17.1. The van der Waals surface area contributed by atoms with E-state index in [1.807, 2.05) is 12.1 Å². The van der Waals surface area contributed by atoms with Crippen molar-refractivity contribution < 1.29 is 38.6 Å². The number of aryl methyl sites for hydroxylation is 2. The van der Waals surface area contributed by atoms with Crippen molar-refractivity contribution in [2.45, 2.75) is 71.8 Å². The standard InChI is InChI=1S/C34H37N7O5.C34H35N7O5/c2*1-34(2,3)29-16-21-10-11-41(32(44)24(21)19-35-29)28-7-5-6-23(25(28)20-42)26-17-27(33(45)39(4)38-26)37-30-9-8-22(18-36-30)31(43)40-12-14-46-15-13-40/h5-9,16-19,42H,10-15,20H2,1-4H3,(H,36,37);5-9,16-20H,10-15H2,1-4H3,(H,36,37). The van der Waals surface area contributed by atoms with Gasteiger partial charge in [0.25, 0.3) is 34.7 Å². The van der Waals surface area contributed by atoms with Gasteiger partial charge in [-0.1, -0.05) is 65.8 Å². The van der Waals surface area contributed by atoms with Crippen LogP contribution in [0.1, 0.15) is 121 Å². The molecular weight excluding hydrogens is 1170 g/mol. The lowest BCUT2D eigenvalue weighted by Gasteiger charge is -2.31. The number of hydrogen-bond donors (Lipinski definition) is 3. The highest BCUT2D eigenvalue weighted by Gasteiger charge is 2.33. The lowest BCUT2D eigenvalue weighted by atomic mass is 9.88. The summed E-state index contributed by atoms with van der Waals surface area (Å²) < 4.78 is 13.0. The summed E-state index contributed by atoms with van der Waals surface area (Å²) in [4.78, 5) is 116. The number of fused-ring (bicyclic) bond motifs is 2. The van der Waals surface area contributed by atoms with Crippen LogP contribution in [0, 0.1) is 0 Å². The highest BCUT2D eigenvalue weighted by atomic mass is 16.5. The number of morpholine rings is 2. The Morgan fingerprint density at radius 2 is 0.978 bits per heavy atom. The summed E-state index contributed by atoms with van der Waals surface area (Å²) in [5.74, 6) is 0.0720. The zero-order chi connectivity index (χ0) is 65.2. The summed E-state index contributed by atoms with van der Waals surface area (Å²) in [6.07, 6.45) is 8.20. The van der Waals surface area contributed by atoms with Crippen molar-refractivity contribution in [1.29, 1.82) is 0 Å². The summed E-state index contributed by atoms with van der Waals surface area (Å²) in [5.41, 5.74) is 8.65. The average Bonchev–Trinajstić information content (AvgIpc) is 0.785. The van der Waals surface area contributed by atoms with Crippen LogP contribution in [0.3, 0.4) is 0 Å². The molecule has 0 unspecified atom stereocenters. The fraction of sp³-hybridized carbons (Fsp3) is 0.338. The number of rotatable bonds is 12. The lowest BCUT2D eigenvalue weighted by molar-refractivity contribution is 0.0301. The SMILES string of the molecule is Cn1nc(-c2cccc(N3CCc4cc(C(C)(C)C)ncc4C3=O)c2C=O)cc(Nc2ccc(C(=O)N3CCOCC3)cn2)c1=O.Cn1nc(-c2cccc(N3CCc4cc(C(C)(C)C)ncc4C3=O)c2CO)cc(Nc2ccc(C(=O)N3CCOCC3)cn2)c1=O. The third-order valence-electron chi connectivity index (χ3n) is 16.6. The maximum absolute atomic E-state index is 13.7. The molecule has 0 saturated carbocycles. The quantitative estimate of drug-likeness (QED) is 0.102. The molecule has 24 heteroatoms. The maximum Gasteiger partial charge on any atom is 0.290 e. The number of aromatic nitrogens is 8. The van der Waals surface area contributed by atoms with Gasteiger partial charge in [0.1, 0.15) is 23.0 Å². The van der Waals surface area contributed by atoms with Crippen LogP contribution in [0.2, 0.25) is 0 Å². The number of hydrogen-bond acceptors (Lipinski definition) is 18. The van der Waals surface area contributed by atoms with E-state index in [-0.39, 0.29) is 63.6 Å². The van der Waals surface area contributed by atoms with Crippen molar-refractivity contribution in [2.24, 2.45) is 14.1 Å². The fourth-order valence-corrected chi connectivity index (χ4v) is 11.4. The number of aliphatic hydroxyl groups excluding tert-OH is 1. The van der Waals surface area contributed by atoms with E-state index in [0.717, 1.165) is 22.5 Å². The molecule has 92 heavy (non-hydrogen) atoms. The van der Waals surface area contributed by atoms with Crippen LogP contribution in [0.5, 0.6) is 0 Å². The van der Waals surface area contributed by atoms with Gasteiger partial charge in [-0.15, -0.1) is 0 Å². The maximum atomic E-state index is 13.7.